The van der Waals surface area contributed by atoms with Gasteiger partial charge >= 0.3 is 5.97 Å². The van der Waals surface area contributed by atoms with Crippen LogP contribution in [0.25, 0.3) is 6.08 Å². The van der Waals surface area contributed by atoms with Crippen LogP contribution >= 0.6 is 50.9 Å². The molecule has 0 N–H and O–H groups in total. The molecule has 0 bridgehead atoms. The molecule has 1 atom stereocenters. The molecule has 36 heavy (non-hydrogen) atoms. The number of imide groups is 1. The second kappa shape index (κ2) is 12.9. The van der Waals surface area contributed by atoms with Crippen molar-refractivity contribution in [1.82, 2.24) is 4.90 Å². The summed E-state index contributed by atoms with van der Waals surface area (Å²) in [6.07, 6.45) is 1.91. The maximum absolute atomic E-state index is 12.8. The van der Waals surface area contributed by atoms with E-state index in [1.165, 1.54) is 0 Å². The van der Waals surface area contributed by atoms with Crippen LogP contribution in [0.3, 0.4) is 0 Å². The van der Waals surface area contributed by atoms with E-state index >= 15 is 0 Å². The number of esters is 1. The Bertz CT molecular complexity index is 1210. The van der Waals surface area contributed by atoms with Gasteiger partial charge in [0.15, 0.2) is 11.5 Å². The van der Waals surface area contributed by atoms with Crippen LogP contribution in [-0.2, 0) is 20.9 Å². The van der Waals surface area contributed by atoms with Crippen molar-refractivity contribution in [3.63, 3.8) is 0 Å². The summed E-state index contributed by atoms with van der Waals surface area (Å²) >= 11 is 16.5. The molecule has 0 radical (unpaired) electrons. The summed E-state index contributed by atoms with van der Waals surface area (Å²) in [5, 5.41) is 0.481. The fourth-order valence-corrected chi connectivity index (χ4v) is 5.00. The van der Waals surface area contributed by atoms with E-state index < -0.39 is 23.7 Å². The lowest BCUT2D eigenvalue weighted by Gasteiger charge is -2.16. The Morgan fingerprint density at radius 3 is 2.58 bits per heavy atom. The van der Waals surface area contributed by atoms with E-state index in [0.717, 1.165) is 22.2 Å². The maximum Gasteiger partial charge on any atom is 0.326 e. The third kappa shape index (κ3) is 7.18. The van der Waals surface area contributed by atoms with Crippen LogP contribution in [0.1, 0.15) is 38.3 Å². The van der Waals surface area contributed by atoms with Crippen molar-refractivity contribution in [1.29, 1.82) is 0 Å². The predicted molar refractivity (Wildman–Crippen MR) is 145 cm³/mol. The van der Waals surface area contributed by atoms with Gasteiger partial charge in [0, 0.05) is 15.6 Å². The summed E-state index contributed by atoms with van der Waals surface area (Å²) in [5.74, 6) is -0.282. The standard InChI is InChI=1S/C25H24BrCl2NO6S/c1-4-14(3)35-22(30)12-29-24(31)21(36-25(29)32)10-15-8-18(26)23(20(9-15)33-5-2)34-13-16-6-7-17(27)11-19(16)28/h6-11,14H,4-5,12-13H2,1-3H3/b21-10-/t14-/m1/s1. The molecule has 1 aliphatic heterocycles. The first kappa shape index (κ1) is 28.4. The summed E-state index contributed by atoms with van der Waals surface area (Å²) in [5.41, 5.74) is 1.36. The summed E-state index contributed by atoms with van der Waals surface area (Å²) in [4.78, 5) is 38.3. The molecule has 192 valence electrons. The number of benzene rings is 2. The molecule has 7 nitrogen and oxygen atoms in total. The number of hydrogen-bond donors (Lipinski definition) is 0. The Morgan fingerprint density at radius 1 is 1.17 bits per heavy atom. The SMILES string of the molecule is CCOc1cc(/C=C2\SC(=O)N(CC(=O)O[C@H](C)CC)C2=O)cc(Br)c1OCc1ccc(Cl)cc1Cl. The Morgan fingerprint density at radius 2 is 1.92 bits per heavy atom. The first-order valence-corrected chi connectivity index (χ1v) is 13.5. The largest absolute Gasteiger partial charge is 0.490 e. The number of carbonyl (C=O) groups excluding carboxylic acids is 3. The summed E-state index contributed by atoms with van der Waals surface area (Å²) < 4.78 is 17.5. The zero-order chi connectivity index (χ0) is 26.4. The van der Waals surface area contributed by atoms with Crippen LogP contribution < -0.4 is 9.47 Å². The molecular formula is C25H24BrCl2NO6S. The number of thioether (sulfide) groups is 1. The van der Waals surface area contributed by atoms with Gasteiger partial charge in [-0.25, -0.2) is 0 Å². The number of carbonyl (C=O) groups is 3. The predicted octanol–water partition coefficient (Wildman–Crippen LogP) is 7.11. The van der Waals surface area contributed by atoms with E-state index in [9.17, 15) is 14.4 Å². The van der Waals surface area contributed by atoms with E-state index in [-0.39, 0.29) is 17.6 Å². The smallest absolute Gasteiger partial charge is 0.326 e. The zero-order valence-corrected chi connectivity index (χ0v) is 23.7. The number of halogens is 3. The van der Waals surface area contributed by atoms with Crippen LogP contribution in [0.15, 0.2) is 39.7 Å². The summed E-state index contributed by atoms with van der Waals surface area (Å²) in [7, 11) is 0. The van der Waals surface area contributed by atoms with E-state index in [2.05, 4.69) is 15.9 Å². The normalized spacial score (nSPS) is 15.4. The lowest BCUT2D eigenvalue weighted by molar-refractivity contribution is -0.150. The highest BCUT2D eigenvalue weighted by Gasteiger charge is 2.37. The Balaban J connectivity index is 1.80. The number of rotatable bonds is 10. The first-order chi connectivity index (χ1) is 17.1. The maximum atomic E-state index is 12.8. The molecule has 11 heteroatoms. The topological polar surface area (TPSA) is 82.1 Å². The van der Waals surface area contributed by atoms with E-state index in [1.54, 1.807) is 43.3 Å². The first-order valence-electron chi connectivity index (χ1n) is 11.1. The third-order valence-corrected chi connectivity index (χ3v) is 7.17. The third-order valence-electron chi connectivity index (χ3n) is 5.08. The summed E-state index contributed by atoms with van der Waals surface area (Å²) in [6.45, 7) is 5.59. The van der Waals surface area contributed by atoms with Crippen molar-refractivity contribution in [2.24, 2.45) is 0 Å². The van der Waals surface area contributed by atoms with Crippen molar-refractivity contribution >= 4 is 74.1 Å². The molecule has 0 saturated carbocycles. The van der Waals surface area contributed by atoms with Crippen molar-refractivity contribution in [3.05, 3.63) is 60.9 Å². The Hall–Kier alpha value is -2.20. The lowest BCUT2D eigenvalue weighted by Crippen LogP contribution is -2.35. The van der Waals surface area contributed by atoms with E-state index in [1.807, 2.05) is 13.8 Å². The molecule has 1 heterocycles. The highest BCUT2D eigenvalue weighted by Crippen LogP contribution is 2.40. The molecule has 2 aromatic rings. The van der Waals surface area contributed by atoms with Gasteiger partial charge < -0.3 is 14.2 Å². The minimum Gasteiger partial charge on any atom is -0.490 e. The van der Waals surface area contributed by atoms with Gasteiger partial charge in [-0.05, 0) is 83.9 Å². The second-order valence-electron chi connectivity index (χ2n) is 7.76. The number of nitrogens with zero attached hydrogens (tertiary/aromatic N) is 1. The summed E-state index contributed by atoms with van der Waals surface area (Å²) in [6, 6.07) is 8.60. The van der Waals surface area contributed by atoms with Crippen LogP contribution in [-0.4, -0.2) is 41.3 Å². The van der Waals surface area contributed by atoms with Crippen molar-refractivity contribution in [2.75, 3.05) is 13.2 Å². The number of hydrogen-bond acceptors (Lipinski definition) is 7. The molecule has 0 unspecified atom stereocenters. The zero-order valence-electron chi connectivity index (χ0n) is 19.8. The molecule has 0 spiro atoms. The number of amides is 2. The minimum absolute atomic E-state index is 0.180. The van der Waals surface area contributed by atoms with Gasteiger partial charge in [-0.15, -0.1) is 0 Å². The molecule has 1 aliphatic rings. The van der Waals surface area contributed by atoms with Gasteiger partial charge in [0.05, 0.1) is 22.1 Å². The monoisotopic (exact) mass is 615 g/mol. The fourth-order valence-electron chi connectivity index (χ4n) is 3.12. The quantitative estimate of drug-likeness (QED) is 0.208. The van der Waals surface area contributed by atoms with Gasteiger partial charge in [0.25, 0.3) is 11.1 Å². The molecule has 1 fully saturated rings. The van der Waals surface area contributed by atoms with Gasteiger partial charge in [0.1, 0.15) is 13.2 Å². The molecule has 0 aliphatic carbocycles. The Kier molecular flexibility index (Phi) is 10.1. The molecule has 2 amide bonds. The van der Waals surface area contributed by atoms with Crippen LogP contribution in [0.5, 0.6) is 11.5 Å². The average molecular weight is 617 g/mol. The van der Waals surface area contributed by atoms with Crippen molar-refractivity contribution < 1.29 is 28.6 Å². The molecule has 3 rings (SSSR count). The second-order valence-corrected chi connectivity index (χ2v) is 10.5. The van der Waals surface area contributed by atoms with E-state index in [0.29, 0.717) is 44.6 Å². The van der Waals surface area contributed by atoms with Gasteiger partial charge in [0.2, 0.25) is 0 Å². The molecular weight excluding hydrogens is 593 g/mol. The van der Waals surface area contributed by atoms with Gasteiger partial charge in [-0.1, -0.05) is 36.2 Å². The highest BCUT2D eigenvalue weighted by atomic mass is 79.9. The molecule has 0 aromatic heterocycles. The van der Waals surface area contributed by atoms with Crippen LogP contribution in [0.2, 0.25) is 10.0 Å². The van der Waals surface area contributed by atoms with Crippen molar-refractivity contribution in [3.8, 4) is 11.5 Å². The Labute approximate surface area is 232 Å². The van der Waals surface area contributed by atoms with E-state index in [4.69, 9.17) is 37.4 Å². The average Bonchev–Trinajstić information content (AvgIpc) is 3.07. The molecule has 1 saturated heterocycles. The van der Waals surface area contributed by atoms with Gasteiger partial charge in [-0.2, -0.15) is 0 Å². The van der Waals surface area contributed by atoms with Crippen LogP contribution in [0, 0.1) is 0 Å². The highest BCUT2D eigenvalue weighted by molar-refractivity contribution is 9.10. The molecule has 2 aromatic carbocycles. The minimum atomic E-state index is -0.628. The van der Waals surface area contributed by atoms with Crippen LogP contribution in [0.4, 0.5) is 4.79 Å². The number of ether oxygens (including phenoxy) is 3. The van der Waals surface area contributed by atoms with Crippen molar-refractivity contribution in [2.45, 2.75) is 39.9 Å². The van der Waals surface area contributed by atoms with Gasteiger partial charge in [-0.3, -0.25) is 19.3 Å². The lowest BCUT2D eigenvalue weighted by atomic mass is 10.1. The fraction of sp³-hybridized carbons (Fsp3) is 0.320.